The fourth-order valence-electron chi connectivity index (χ4n) is 3.85. The normalized spacial score (nSPS) is 23.0. The predicted octanol–water partition coefficient (Wildman–Crippen LogP) is 1.64. The van der Waals surface area contributed by atoms with Crippen molar-refractivity contribution in [1.82, 2.24) is 15.5 Å². The summed E-state index contributed by atoms with van der Waals surface area (Å²) in [7, 11) is 1.47. The molecule has 2 heterocycles. The molecular formula is C21H21FN4O3. The van der Waals surface area contributed by atoms with Gasteiger partial charge in [-0.05, 0) is 35.7 Å². The molecule has 29 heavy (non-hydrogen) atoms. The van der Waals surface area contributed by atoms with E-state index in [9.17, 15) is 19.1 Å². The van der Waals surface area contributed by atoms with Crippen molar-refractivity contribution in [1.29, 1.82) is 0 Å². The van der Waals surface area contributed by atoms with Crippen molar-refractivity contribution in [3.63, 3.8) is 0 Å². The largest absolute Gasteiger partial charge is 0.502 e. The van der Waals surface area contributed by atoms with Gasteiger partial charge < -0.3 is 26.0 Å². The molecule has 2 unspecified atom stereocenters. The number of benzene rings is 2. The second kappa shape index (κ2) is 7.12. The summed E-state index contributed by atoms with van der Waals surface area (Å²) in [6.07, 6.45) is 1.67. The van der Waals surface area contributed by atoms with Crippen molar-refractivity contribution in [3.05, 3.63) is 77.4 Å². The third kappa shape index (κ3) is 3.16. The number of amides is 2. The van der Waals surface area contributed by atoms with Crippen LogP contribution in [0.4, 0.5) is 10.1 Å². The first-order chi connectivity index (χ1) is 13.9. The van der Waals surface area contributed by atoms with Crippen molar-refractivity contribution in [2.24, 2.45) is 0 Å². The van der Waals surface area contributed by atoms with Crippen molar-refractivity contribution in [2.45, 2.75) is 24.7 Å². The number of rotatable bonds is 4. The van der Waals surface area contributed by atoms with Gasteiger partial charge in [-0.25, -0.2) is 4.39 Å². The molecule has 0 radical (unpaired) electrons. The number of carbonyl (C=O) groups excluding carboxylic acids is 2. The third-order valence-corrected chi connectivity index (χ3v) is 5.47. The maximum atomic E-state index is 13.4. The molecule has 0 aliphatic carbocycles. The lowest BCUT2D eigenvalue weighted by Gasteiger charge is -2.46. The van der Waals surface area contributed by atoms with Crippen LogP contribution in [0, 0.1) is 5.82 Å². The minimum absolute atomic E-state index is 0.167. The van der Waals surface area contributed by atoms with Crippen LogP contribution >= 0.6 is 0 Å². The lowest BCUT2D eigenvalue weighted by Crippen LogP contribution is -2.75. The van der Waals surface area contributed by atoms with E-state index in [1.807, 2.05) is 24.3 Å². The van der Waals surface area contributed by atoms with Gasteiger partial charge in [-0.2, -0.15) is 0 Å². The summed E-state index contributed by atoms with van der Waals surface area (Å²) in [6, 6.07) is 13.0. The number of aliphatic hydroxyl groups excluding tert-OH is 1. The van der Waals surface area contributed by atoms with Crippen LogP contribution in [0.3, 0.4) is 0 Å². The fraction of sp³-hybridized carbons (Fsp3) is 0.238. The highest BCUT2D eigenvalue weighted by Gasteiger charge is 2.54. The Kier molecular flexibility index (Phi) is 4.62. The van der Waals surface area contributed by atoms with Gasteiger partial charge in [-0.1, -0.05) is 30.3 Å². The molecule has 2 aromatic rings. The Bertz CT molecular complexity index is 967. The highest BCUT2D eigenvalue weighted by Crippen LogP contribution is 2.34. The lowest BCUT2D eigenvalue weighted by atomic mass is 9.92. The Labute approximate surface area is 167 Å². The SMILES string of the molecule is CN1C(=O)C(O)=CNC1(C(=O)NCc1ccc(F)cc1)C1Cc2ccccc2N1. The summed E-state index contributed by atoms with van der Waals surface area (Å²) >= 11 is 0. The molecule has 0 saturated heterocycles. The topological polar surface area (TPSA) is 93.7 Å². The second-order valence-electron chi connectivity index (χ2n) is 7.17. The molecule has 0 spiro atoms. The van der Waals surface area contributed by atoms with E-state index in [-0.39, 0.29) is 12.4 Å². The van der Waals surface area contributed by atoms with Crippen LogP contribution in [-0.2, 0) is 22.6 Å². The summed E-state index contributed by atoms with van der Waals surface area (Å²) in [4.78, 5) is 27.1. The molecule has 7 nitrogen and oxygen atoms in total. The van der Waals surface area contributed by atoms with E-state index >= 15 is 0 Å². The van der Waals surface area contributed by atoms with E-state index in [0.717, 1.165) is 23.0 Å². The fourth-order valence-corrected chi connectivity index (χ4v) is 3.85. The van der Waals surface area contributed by atoms with Crippen LogP contribution in [0.2, 0.25) is 0 Å². The Morgan fingerprint density at radius 1 is 1.28 bits per heavy atom. The molecule has 2 aromatic carbocycles. The summed E-state index contributed by atoms with van der Waals surface area (Å²) in [5.41, 5.74) is 1.19. The lowest BCUT2D eigenvalue weighted by molar-refractivity contribution is -0.150. The van der Waals surface area contributed by atoms with Gasteiger partial charge in [0.2, 0.25) is 5.66 Å². The minimum Gasteiger partial charge on any atom is -0.502 e. The van der Waals surface area contributed by atoms with E-state index in [1.54, 1.807) is 12.1 Å². The van der Waals surface area contributed by atoms with Crippen molar-refractivity contribution < 1.29 is 19.1 Å². The Morgan fingerprint density at radius 3 is 2.72 bits per heavy atom. The van der Waals surface area contributed by atoms with Crippen LogP contribution in [0.1, 0.15) is 11.1 Å². The Morgan fingerprint density at radius 2 is 2.00 bits per heavy atom. The molecule has 4 rings (SSSR count). The minimum atomic E-state index is -1.46. The number of aliphatic hydroxyl groups is 1. The van der Waals surface area contributed by atoms with Crippen molar-refractivity contribution in [2.75, 3.05) is 12.4 Å². The first-order valence-electron chi connectivity index (χ1n) is 9.24. The number of likely N-dealkylation sites (N-methyl/N-ethyl adjacent to an activating group) is 1. The first-order valence-corrected chi connectivity index (χ1v) is 9.24. The van der Waals surface area contributed by atoms with Gasteiger partial charge in [0.05, 0.1) is 6.04 Å². The van der Waals surface area contributed by atoms with Crippen LogP contribution in [0.5, 0.6) is 0 Å². The number of hydrogen-bond donors (Lipinski definition) is 4. The zero-order valence-corrected chi connectivity index (χ0v) is 15.8. The van der Waals surface area contributed by atoms with Gasteiger partial charge >= 0.3 is 0 Å². The molecule has 2 aliphatic rings. The zero-order valence-electron chi connectivity index (χ0n) is 15.8. The number of hydrogen-bond acceptors (Lipinski definition) is 5. The van der Waals surface area contributed by atoms with Gasteiger partial charge in [0.25, 0.3) is 11.8 Å². The number of para-hydroxylation sites is 1. The predicted molar refractivity (Wildman–Crippen MR) is 105 cm³/mol. The molecule has 4 N–H and O–H groups in total. The van der Waals surface area contributed by atoms with Crippen LogP contribution < -0.4 is 16.0 Å². The average molecular weight is 396 g/mol. The van der Waals surface area contributed by atoms with Gasteiger partial charge in [0.1, 0.15) is 5.82 Å². The van der Waals surface area contributed by atoms with E-state index < -0.39 is 29.3 Å². The molecule has 150 valence electrons. The number of fused-ring (bicyclic) bond motifs is 1. The quantitative estimate of drug-likeness (QED) is 0.631. The Hall–Kier alpha value is -3.55. The highest BCUT2D eigenvalue weighted by atomic mass is 19.1. The van der Waals surface area contributed by atoms with Gasteiger partial charge in [0, 0.05) is 25.5 Å². The number of carbonyl (C=O) groups is 2. The molecular weight excluding hydrogens is 375 g/mol. The maximum absolute atomic E-state index is 13.4. The van der Waals surface area contributed by atoms with Crippen molar-refractivity contribution >= 4 is 17.5 Å². The number of nitrogens with one attached hydrogen (secondary N) is 3. The molecule has 0 fully saturated rings. The molecule has 2 atom stereocenters. The molecule has 0 aromatic heterocycles. The van der Waals surface area contributed by atoms with E-state index in [0.29, 0.717) is 6.42 Å². The van der Waals surface area contributed by atoms with Crippen LogP contribution in [0.15, 0.2) is 60.5 Å². The molecule has 0 saturated carbocycles. The van der Waals surface area contributed by atoms with Crippen LogP contribution in [0.25, 0.3) is 0 Å². The summed E-state index contributed by atoms with van der Waals surface area (Å²) in [5.74, 6) is -1.92. The van der Waals surface area contributed by atoms with E-state index in [2.05, 4.69) is 16.0 Å². The number of nitrogens with zero attached hydrogens (tertiary/aromatic N) is 1. The average Bonchev–Trinajstić information content (AvgIpc) is 3.16. The van der Waals surface area contributed by atoms with Gasteiger partial charge in [-0.15, -0.1) is 0 Å². The molecule has 8 heteroatoms. The molecule has 2 amide bonds. The monoisotopic (exact) mass is 396 g/mol. The van der Waals surface area contributed by atoms with Crippen molar-refractivity contribution in [3.8, 4) is 0 Å². The third-order valence-electron chi connectivity index (χ3n) is 5.47. The number of halogens is 1. The smallest absolute Gasteiger partial charge is 0.292 e. The summed E-state index contributed by atoms with van der Waals surface area (Å²) in [6.45, 7) is 0.167. The highest BCUT2D eigenvalue weighted by molar-refractivity contribution is 5.99. The van der Waals surface area contributed by atoms with E-state index in [4.69, 9.17) is 0 Å². The number of anilines is 1. The summed E-state index contributed by atoms with van der Waals surface area (Å²) in [5, 5.41) is 18.9. The summed E-state index contributed by atoms with van der Waals surface area (Å²) < 4.78 is 13.1. The Balaban J connectivity index is 1.63. The standard InChI is InChI=1S/C21H21FN4O3/c1-26-19(28)17(27)12-24-21(26,18-10-14-4-2-3-5-16(14)25-18)20(29)23-11-13-6-8-15(22)9-7-13/h2-9,12,18,24-25,27H,10-11H2,1H3,(H,23,29). The van der Waals surface area contributed by atoms with Gasteiger partial charge in [0.15, 0.2) is 5.76 Å². The maximum Gasteiger partial charge on any atom is 0.292 e. The van der Waals surface area contributed by atoms with E-state index in [1.165, 1.54) is 24.1 Å². The van der Waals surface area contributed by atoms with Gasteiger partial charge in [-0.3, -0.25) is 9.59 Å². The zero-order chi connectivity index (χ0) is 20.6. The molecule has 0 bridgehead atoms. The van der Waals surface area contributed by atoms with Crippen LogP contribution in [-0.4, -0.2) is 40.6 Å². The molecule has 2 aliphatic heterocycles. The first kappa shape index (κ1) is 18.8. The second-order valence-corrected chi connectivity index (χ2v) is 7.17.